The Morgan fingerprint density at radius 2 is 1.84 bits per heavy atom. The molecule has 0 unspecified atom stereocenters. The van der Waals surface area contributed by atoms with E-state index in [0.717, 1.165) is 48.5 Å². The van der Waals surface area contributed by atoms with Crippen LogP contribution < -0.4 is 0 Å². The van der Waals surface area contributed by atoms with Gasteiger partial charge in [0.25, 0.3) is 0 Å². The Balaban J connectivity index is 1.40. The fourth-order valence-corrected chi connectivity index (χ4v) is 4.66. The zero-order chi connectivity index (χ0) is 21.8. The molecule has 1 fully saturated rings. The number of rotatable bonds is 6. The minimum atomic E-state index is -1.05. The lowest BCUT2D eigenvalue weighted by molar-refractivity contribution is 0.0696. The summed E-state index contributed by atoms with van der Waals surface area (Å²) in [4.78, 5) is 18.9. The van der Waals surface area contributed by atoms with E-state index in [0.29, 0.717) is 12.1 Å². The van der Waals surface area contributed by atoms with E-state index in [4.69, 9.17) is 0 Å². The molecule has 31 heavy (non-hydrogen) atoms. The lowest BCUT2D eigenvalue weighted by Gasteiger charge is -2.28. The number of carboxylic acids is 1. The predicted octanol–water partition coefficient (Wildman–Crippen LogP) is 5.51. The Labute approximate surface area is 183 Å². The van der Waals surface area contributed by atoms with E-state index in [-0.39, 0.29) is 16.6 Å². The molecule has 2 heterocycles. The SMILES string of the molecule is O=C(O)c1nc(-c2ccc(F)cc2)c(CCN2CCC(=Cc3cccc(F)c3)CC2)s1. The highest BCUT2D eigenvalue weighted by atomic mass is 32.1. The van der Waals surface area contributed by atoms with Crippen LogP contribution in [0.1, 0.15) is 33.1 Å². The van der Waals surface area contributed by atoms with Crippen molar-refractivity contribution in [1.82, 2.24) is 9.88 Å². The van der Waals surface area contributed by atoms with Gasteiger partial charge in [-0.3, -0.25) is 0 Å². The zero-order valence-electron chi connectivity index (χ0n) is 16.9. The Morgan fingerprint density at radius 3 is 2.52 bits per heavy atom. The Hall–Kier alpha value is -2.90. The molecule has 7 heteroatoms. The molecule has 1 aliphatic rings. The quantitative estimate of drug-likeness (QED) is 0.549. The number of hydrogen-bond donors (Lipinski definition) is 1. The van der Waals surface area contributed by atoms with Crippen LogP contribution >= 0.6 is 11.3 Å². The molecule has 4 nitrogen and oxygen atoms in total. The number of carbonyl (C=O) groups is 1. The van der Waals surface area contributed by atoms with Gasteiger partial charge in [0.05, 0.1) is 5.69 Å². The van der Waals surface area contributed by atoms with Crippen molar-refractivity contribution in [3.05, 3.63) is 81.2 Å². The summed E-state index contributed by atoms with van der Waals surface area (Å²) >= 11 is 1.18. The number of aromatic nitrogens is 1. The number of likely N-dealkylation sites (tertiary alicyclic amines) is 1. The van der Waals surface area contributed by atoms with Gasteiger partial charge in [-0.15, -0.1) is 11.3 Å². The molecule has 4 rings (SSSR count). The van der Waals surface area contributed by atoms with Crippen LogP contribution in [-0.2, 0) is 6.42 Å². The molecule has 1 saturated heterocycles. The highest BCUT2D eigenvalue weighted by Gasteiger charge is 2.19. The van der Waals surface area contributed by atoms with Crippen LogP contribution in [0.5, 0.6) is 0 Å². The second-order valence-corrected chi connectivity index (χ2v) is 8.64. The van der Waals surface area contributed by atoms with Gasteiger partial charge < -0.3 is 10.0 Å². The summed E-state index contributed by atoms with van der Waals surface area (Å²) in [5.41, 5.74) is 3.53. The van der Waals surface area contributed by atoms with Crippen molar-refractivity contribution in [2.24, 2.45) is 0 Å². The lowest BCUT2D eigenvalue weighted by atomic mass is 10.0. The van der Waals surface area contributed by atoms with Gasteiger partial charge in [0.15, 0.2) is 0 Å². The largest absolute Gasteiger partial charge is 0.476 e. The smallest absolute Gasteiger partial charge is 0.365 e. The molecular weight excluding hydrogens is 418 g/mol. The second-order valence-electron chi connectivity index (χ2n) is 7.55. The Kier molecular flexibility index (Phi) is 6.53. The maximum atomic E-state index is 13.4. The first-order chi connectivity index (χ1) is 15.0. The van der Waals surface area contributed by atoms with Crippen LogP contribution in [0.25, 0.3) is 17.3 Å². The van der Waals surface area contributed by atoms with Crippen molar-refractivity contribution in [1.29, 1.82) is 0 Å². The van der Waals surface area contributed by atoms with Crippen LogP contribution in [0, 0.1) is 11.6 Å². The zero-order valence-corrected chi connectivity index (χ0v) is 17.7. The van der Waals surface area contributed by atoms with Gasteiger partial charge in [-0.05, 0) is 61.2 Å². The van der Waals surface area contributed by atoms with Crippen LogP contribution in [0.15, 0.2) is 54.1 Å². The third-order valence-corrected chi connectivity index (χ3v) is 6.47. The summed E-state index contributed by atoms with van der Waals surface area (Å²) in [7, 11) is 0. The van der Waals surface area contributed by atoms with Gasteiger partial charge in [0, 0.05) is 30.1 Å². The van der Waals surface area contributed by atoms with Gasteiger partial charge >= 0.3 is 5.97 Å². The number of piperidine rings is 1. The third-order valence-electron chi connectivity index (χ3n) is 5.37. The predicted molar refractivity (Wildman–Crippen MR) is 118 cm³/mol. The van der Waals surface area contributed by atoms with E-state index in [1.807, 2.05) is 6.07 Å². The third kappa shape index (κ3) is 5.42. The molecule has 1 N–H and O–H groups in total. The molecule has 0 aliphatic carbocycles. The van der Waals surface area contributed by atoms with Crippen LogP contribution in [0.3, 0.4) is 0 Å². The summed E-state index contributed by atoms with van der Waals surface area (Å²) in [6.45, 7) is 2.60. The van der Waals surface area contributed by atoms with E-state index < -0.39 is 5.97 Å². The van der Waals surface area contributed by atoms with Gasteiger partial charge in [0.2, 0.25) is 5.01 Å². The van der Waals surface area contributed by atoms with Crippen molar-refractivity contribution in [2.75, 3.05) is 19.6 Å². The highest BCUT2D eigenvalue weighted by molar-refractivity contribution is 7.14. The van der Waals surface area contributed by atoms with Gasteiger partial charge in [-0.1, -0.05) is 23.8 Å². The number of benzene rings is 2. The molecule has 0 spiro atoms. The first kappa shape index (κ1) is 21.3. The summed E-state index contributed by atoms with van der Waals surface area (Å²) < 4.78 is 26.6. The normalized spacial score (nSPS) is 14.6. The highest BCUT2D eigenvalue weighted by Crippen LogP contribution is 2.30. The van der Waals surface area contributed by atoms with E-state index in [1.54, 1.807) is 24.3 Å². The maximum Gasteiger partial charge on any atom is 0.365 e. The number of hydrogen-bond acceptors (Lipinski definition) is 4. The monoisotopic (exact) mass is 440 g/mol. The van der Waals surface area contributed by atoms with Crippen molar-refractivity contribution >= 4 is 23.4 Å². The number of nitrogens with zero attached hydrogens (tertiary/aromatic N) is 2. The number of carboxylic acid groups (broad SMARTS) is 1. The molecule has 160 valence electrons. The molecule has 0 bridgehead atoms. The molecular formula is C24H22F2N2O2S. The number of aromatic carboxylic acids is 1. The Morgan fingerprint density at radius 1 is 1.10 bits per heavy atom. The van der Waals surface area contributed by atoms with E-state index in [1.165, 1.54) is 35.1 Å². The fourth-order valence-electron chi connectivity index (χ4n) is 3.75. The number of halogens is 2. The lowest BCUT2D eigenvalue weighted by Crippen LogP contribution is -2.32. The molecule has 0 saturated carbocycles. The standard InChI is InChI=1S/C24H22F2N2O2S/c25-19-6-4-18(5-7-19)22-21(31-23(27-22)24(29)30)10-13-28-11-8-16(9-12-28)14-17-2-1-3-20(26)15-17/h1-7,14-15H,8-13H2,(H,29,30). The van der Waals surface area contributed by atoms with E-state index in [2.05, 4.69) is 16.0 Å². The average molecular weight is 441 g/mol. The first-order valence-corrected chi connectivity index (χ1v) is 11.0. The molecule has 0 radical (unpaired) electrons. The van der Waals surface area contributed by atoms with E-state index in [9.17, 15) is 18.7 Å². The molecule has 1 aliphatic heterocycles. The minimum Gasteiger partial charge on any atom is -0.476 e. The summed E-state index contributed by atoms with van der Waals surface area (Å²) in [5, 5.41) is 9.40. The van der Waals surface area contributed by atoms with Gasteiger partial charge in [0.1, 0.15) is 11.6 Å². The molecule has 0 atom stereocenters. The molecule has 1 aromatic heterocycles. The first-order valence-electron chi connectivity index (χ1n) is 10.1. The van der Waals surface area contributed by atoms with Crippen molar-refractivity contribution < 1.29 is 18.7 Å². The van der Waals surface area contributed by atoms with Gasteiger partial charge in [-0.2, -0.15) is 0 Å². The molecule has 0 amide bonds. The van der Waals surface area contributed by atoms with Gasteiger partial charge in [-0.25, -0.2) is 18.6 Å². The molecule has 2 aromatic carbocycles. The summed E-state index contributed by atoms with van der Waals surface area (Å²) in [6, 6.07) is 12.6. The maximum absolute atomic E-state index is 13.4. The summed E-state index contributed by atoms with van der Waals surface area (Å²) in [5.74, 6) is -1.62. The van der Waals surface area contributed by atoms with Crippen molar-refractivity contribution in [3.63, 3.8) is 0 Å². The number of thiazole rings is 1. The summed E-state index contributed by atoms with van der Waals surface area (Å²) in [6.07, 6.45) is 4.59. The van der Waals surface area contributed by atoms with Crippen molar-refractivity contribution in [2.45, 2.75) is 19.3 Å². The fraction of sp³-hybridized carbons (Fsp3) is 0.250. The van der Waals surface area contributed by atoms with Crippen LogP contribution in [0.2, 0.25) is 0 Å². The van der Waals surface area contributed by atoms with E-state index >= 15 is 0 Å². The van der Waals surface area contributed by atoms with Crippen molar-refractivity contribution in [3.8, 4) is 11.3 Å². The van der Waals surface area contributed by atoms with Crippen LogP contribution in [0.4, 0.5) is 8.78 Å². The average Bonchev–Trinajstić information content (AvgIpc) is 3.18. The second kappa shape index (κ2) is 9.49. The Bertz CT molecular complexity index is 1100. The van der Waals surface area contributed by atoms with Crippen LogP contribution in [-0.4, -0.2) is 40.6 Å². The minimum absolute atomic E-state index is 0.0493. The molecule has 3 aromatic rings. The topological polar surface area (TPSA) is 53.4 Å².